The van der Waals surface area contributed by atoms with Crippen molar-refractivity contribution in [2.45, 2.75) is 19.0 Å². The topological polar surface area (TPSA) is 104 Å². The van der Waals surface area contributed by atoms with Gasteiger partial charge in [-0.2, -0.15) is 0 Å². The first kappa shape index (κ1) is 13.1. The van der Waals surface area contributed by atoms with Gasteiger partial charge in [0.25, 0.3) is 5.56 Å². The number of likely N-dealkylation sites (N-methyl/N-ethyl adjacent to an activating group) is 1. The highest BCUT2D eigenvalue weighted by Crippen LogP contribution is 2.14. The van der Waals surface area contributed by atoms with Gasteiger partial charge in [0, 0.05) is 32.3 Å². The normalized spacial score (nSPS) is 15.8. The van der Waals surface area contributed by atoms with E-state index in [9.17, 15) is 19.2 Å². The molecule has 1 unspecified atom stereocenters. The lowest BCUT2D eigenvalue weighted by Gasteiger charge is -2.37. The number of likely N-dealkylation sites (tertiary alicyclic amines) is 1. The van der Waals surface area contributed by atoms with Gasteiger partial charge in [0.2, 0.25) is 11.8 Å². The number of nitrogens with zero attached hydrogens (tertiary/aromatic N) is 2. The van der Waals surface area contributed by atoms with Crippen LogP contribution in [0.3, 0.4) is 0 Å². The van der Waals surface area contributed by atoms with Gasteiger partial charge in [0.05, 0.1) is 6.54 Å². The first-order valence-electron chi connectivity index (χ1n) is 5.84. The molecule has 0 radical (unpaired) electrons. The average Bonchev–Trinajstić information content (AvgIpc) is 2.38. The van der Waals surface area contributed by atoms with Crippen LogP contribution in [-0.4, -0.2) is 45.9 Å². The number of aromatic nitrogens is 2. The van der Waals surface area contributed by atoms with Crippen LogP contribution in [0.25, 0.3) is 0 Å². The Morgan fingerprint density at radius 2 is 2.21 bits per heavy atom. The summed E-state index contributed by atoms with van der Waals surface area (Å²) in [5.74, 6) is -0.461. The van der Waals surface area contributed by atoms with Crippen molar-refractivity contribution in [2.24, 2.45) is 0 Å². The highest BCUT2D eigenvalue weighted by molar-refractivity contribution is 5.90. The first-order chi connectivity index (χ1) is 9.02. The van der Waals surface area contributed by atoms with Gasteiger partial charge in [0.1, 0.15) is 6.04 Å². The molecule has 1 aromatic rings. The predicted octanol–water partition coefficient (Wildman–Crippen LogP) is -2.12. The van der Waals surface area contributed by atoms with Crippen molar-refractivity contribution in [3.63, 3.8) is 0 Å². The number of amides is 2. The molecule has 1 saturated heterocycles. The van der Waals surface area contributed by atoms with E-state index < -0.39 is 17.3 Å². The van der Waals surface area contributed by atoms with Crippen LogP contribution in [0, 0.1) is 0 Å². The molecule has 8 heteroatoms. The van der Waals surface area contributed by atoms with Gasteiger partial charge in [-0.05, 0) is 0 Å². The van der Waals surface area contributed by atoms with Gasteiger partial charge in [-0.15, -0.1) is 0 Å². The molecule has 102 valence electrons. The Hall–Kier alpha value is -2.38. The second-order valence-electron chi connectivity index (χ2n) is 4.23. The summed E-state index contributed by atoms with van der Waals surface area (Å²) in [5, 5.41) is 2.47. The third kappa shape index (κ3) is 2.56. The summed E-state index contributed by atoms with van der Waals surface area (Å²) in [6, 6.07) is 0.454. The molecular formula is C11H14N4O4. The lowest BCUT2D eigenvalue weighted by atomic mass is 10.1. The summed E-state index contributed by atoms with van der Waals surface area (Å²) >= 11 is 0. The molecule has 0 aromatic carbocycles. The number of carbonyl (C=O) groups excluding carboxylic acids is 2. The number of nitrogens with one attached hydrogen (secondary N) is 2. The van der Waals surface area contributed by atoms with Gasteiger partial charge in [-0.1, -0.05) is 0 Å². The van der Waals surface area contributed by atoms with Crippen LogP contribution in [0.2, 0.25) is 0 Å². The number of H-pyrrole nitrogens is 1. The number of hydrogen-bond donors (Lipinski definition) is 2. The van der Waals surface area contributed by atoms with Crippen LogP contribution in [0.5, 0.6) is 0 Å². The van der Waals surface area contributed by atoms with Crippen molar-refractivity contribution in [1.29, 1.82) is 0 Å². The van der Waals surface area contributed by atoms with E-state index in [2.05, 4.69) is 10.3 Å². The lowest BCUT2D eigenvalue weighted by Crippen LogP contribution is -2.57. The summed E-state index contributed by atoms with van der Waals surface area (Å²) in [5.41, 5.74) is -1.10. The second kappa shape index (κ2) is 5.09. The lowest BCUT2D eigenvalue weighted by molar-refractivity contribution is -0.149. The Balaban J connectivity index is 2.25. The van der Waals surface area contributed by atoms with Gasteiger partial charge in [0.15, 0.2) is 0 Å². The maximum atomic E-state index is 11.8. The smallest absolute Gasteiger partial charge is 0.328 e. The van der Waals surface area contributed by atoms with Crippen LogP contribution >= 0.6 is 0 Å². The summed E-state index contributed by atoms with van der Waals surface area (Å²) in [7, 11) is 1.47. The highest BCUT2D eigenvalue weighted by Gasteiger charge is 2.35. The predicted molar refractivity (Wildman–Crippen MR) is 65.5 cm³/mol. The van der Waals surface area contributed by atoms with Gasteiger partial charge in [-0.25, -0.2) is 4.79 Å². The molecule has 2 heterocycles. The fourth-order valence-corrected chi connectivity index (χ4v) is 1.93. The molecule has 1 fully saturated rings. The van der Waals surface area contributed by atoms with E-state index in [-0.39, 0.29) is 18.4 Å². The molecule has 1 aromatic heterocycles. The molecule has 19 heavy (non-hydrogen) atoms. The van der Waals surface area contributed by atoms with E-state index >= 15 is 0 Å². The zero-order chi connectivity index (χ0) is 14.0. The highest BCUT2D eigenvalue weighted by atomic mass is 16.2. The standard InChI is InChI=1S/C11H14N4O4/c1-12-10(18)7(15-5-3-9(15)17)6-14-4-2-8(16)13-11(14)19/h2,4,7H,3,5-6H2,1H3,(H,12,18)(H,13,16,19). The molecule has 8 nitrogen and oxygen atoms in total. The number of carbonyl (C=O) groups is 2. The minimum atomic E-state index is -0.741. The zero-order valence-electron chi connectivity index (χ0n) is 10.4. The molecule has 1 aliphatic rings. The first-order valence-corrected chi connectivity index (χ1v) is 5.84. The molecule has 2 N–H and O–H groups in total. The van der Waals surface area contributed by atoms with E-state index in [0.717, 1.165) is 0 Å². The second-order valence-corrected chi connectivity index (χ2v) is 4.23. The minimum absolute atomic E-state index is 0.0149. The third-order valence-corrected chi connectivity index (χ3v) is 3.08. The average molecular weight is 266 g/mol. The van der Waals surface area contributed by atoms with Crippen molar-refractivity contribution < 1.29 is 9.59 Å². The van der Waals surface area contributed by atoms with E-state index in [1.54, 1.807) is 0 Å². The largest absolute Gasteiger partial charge is 0.357 e. The Morgan fingerprint density at radius 3 is 2.68 bits per heavy atom. The van der Waals surface area contributed by atoms with Crippen molar-refractivity contribution in [3.8, 4) is 0 Å². The van der Waals surface area contributed by atoms with Crippen molar-refractivity contribution in [1.82, 2.24) is 19.8 Å². The van der Waals surface area contributed by atoms with Crippen LogP contribution < -0.4 is 16.6 Å². The number of rotatable bonds is 4. The Kier molecular flexibility index (Phi) is 3.50. The SMILES string of the molecule is CNC(=O)C(Cn1ccc(=O)[nH]c1=O)N1CCC1=O. The Bertz CT molecular complexity index is 618. The van der Waals surface area contributed by atoms with Crippen molar-refractivity contribution in [3.05, 3.63) is 33.1 Å². The summed E-state index contributed by atoms with van der Waals surface area (Å²) in [6.07, 6.45) is 1.72. The summed E-state index contributed by atoms with van der Waals surface area (Å²) < 4.78 is 1.20. The molecule has 0 saturated carbocycles. The van der Waals surface area contributed by atoms with E-state index in [1.165, 1.54) is 28.8 Å². The zero-order valence-corrected chi connectivity index (χ0v) is 10.4. The maximum Gasteiger partial charge on any atom is 0.328 e. The quantitative estimate of drug-likeness (QED) is 0.608. The van der Waals surface area contributed by atoms with Gasteiger partial charge in [-0.3, -0.25) is 23.9 Å². The van der Waals surface area contributed by atoms with E-state index in [0.29, 0.717) is 13.0 Å². The van der Waals surface area contributed by atoms with Gasteiger partial charge < -0.3 is 10.2 Å². The Morgan fingerprint density at radius 1 is 1.47 bits per heavy atom. The van der Waals surface area contributed by atoms with Gasteiger partial charge >= 0.3 is 5.69 Å². The van der Waals surface area contributed by atoms with Crippen LogP contribution in [0.1, 0.15) is 6.42 Å². The van der Waals surface area contributed by atoms with Crippen LogP contribution in [0.4, 0.5) is 0 Å². The molecule has 0 spiro atoms. The fourth-order valence-electron chi connectivity index (χ4n) is 1.93. The molecule has 1 atom stereocenters. The van der Waals surface area contributed by atoms with Crippen LogP contribution in [0.15, 0.2) is 21.9 Å². The summed E-state index contributed by atoms with van der Waals surface area (Å²) in [4.78, 5) is 49.2. The number of hydrogen-bond acceptors (Lipinski definition) is 4. The third-order valence-electron chi connectivity index (χ3n) is 3.08. The fraction of sp³-hybridized carbons (Fsp3) is 0.455. The molecule has 2 rings (SSSR count). The number of β-lactam (4-membered cyclic amide) rings is 1. The van der Waals surface area contributed by atoms with E-state index in [1.807, 2.05) is 0 Å². The van der Waals surface area contributed by atoms with E-state index in [4.69, 9.17) is 0 Å². The number of aromatic amines is 1. The molecule has 2 amide bonds. The molecule has 1 aliphatic heterocycles. The molecule has 0 bridgehead atoms. The maximum absolute atomic E-state index is 11.8. The van der Waals surface area contributed by atoms with Crippen molar-refractivity contribution >= 4 is 11.8 Å². The molecular weight excluding hydrogens is 252 g/mol. The monoisotopic (exact) mass is 266 g/mol. The van der Waals surface area contributed by atoms with Crippen molar-refractivity contribution in [2.75, 3.05) is 13.6 Å². The summed E-state index contributed by atoms with van der Waals surface area (Å²) in [6.45, 7) is 0.510. The minimum Gasteiger partial charge on any atom is -0.357 e. The molecule has 0 aliphatic carbocycles. The Labute approximate surface area is 108 Å². The van der Waals surface area contributed by atoms with Crippen LogP contribution in [-0.2, 0) is 16.1 Å².